The second-order valence-electron chi connectivity index (χ2n) is 4.43. The monoisotopic (exact) mass is 312 g/mol. The van der Waals surface area contributed by atoms with E-state index in [0.717, 1.165) is 15.9 Å². The van der Waals surface area contributed by atoms with Crippen LogP contribution in [0.3, 0.4) is 0 Å². The van der Waals surface area contributed by atoms with Crippen LogP contribution in [0.15, 0.2) is 22.9 Å². The number of rotatable bonds is 4. The zero-order valence-electron chi connectivity index (χ0n) is 10.6. The Balaban J connectivity index is 2.47. The van der Waals surface area contributed by atoms with Gasteiger partial charge >= 0.3 is 0 Å². The molecule has 18 heavy (non-hydrogen) atoms. The predicted octanol–water partition coefficient (Wildman–Crippen LogP) is 1.51. The lowest BCUT2D eigenvalue weighted by Gasteiger charge is -2.18. The van der Waals surface area contributed by atoms with Crippen LogP contribution in [-0.2, 0) is 7.05 Å². The van der Waals surface area contributed by atoms with Gasteiger partial charge in [0.25, 0.3) is 0 Å². The fourth-order valence-corrected chi connectivity index (χ4v) is 2.43. The number of halogens is 1. The molecule has 0 spiro atoms. The van der Waals surface area contributed by atoms with Crippen LogP contribution in [-0.4, -0.2) is 19.6 Å². The molecule has 98 valence electrons. The maximum Gasteiger partial charge on any atom is 0.108 e. The van der Waals surface area contributed by atoms with Gasteiger partial charge in [-0.05, 0) is 35.8 Å². The lowest BCUT2D eigenvalue weighted by atomic mass is 10.1. The van der Waals surface area contributed by atoms with E-state index in [1.54, 1.807) is 10.9 Å². The van der Waals surface area contributed by atoms with Crippen molar-refractivity contribution in [1.29, 1.82) is 0 Å². The van der Waals surface area contributed by atoms with Crippen LogP contribution in [0.1, 0.15) is 37.3 Å². The van der Waals surface area contributed by atoms with Gasteiger partial charge in [-0.1, -0.05) is 0 Å². The van der Waals surface area contributed by atoms with Gasteiger partial charge in [-0.3, -0.25) is 15.2 Å². The Morgan fingerprint density at radius 3 is 2.67 bits per heavy atom. The average molecular weight is 313 g/mol. The van der Waals surface area contributed by atoms with Gasteiger partial charge < -0.3 is 0 Å². The number of hydrogen-bond donors (Lipinski definition) is 2. The number of nitrogens with one attached hydrogen (secondary N) is 1. The second kappa shape index (κ2) is 5.21. The van der Waals surface area contributed by atoms with Gasteiger partial charge in [0.15, 0.2) is 0 Å². The van der Waals surface area contributed by atoms with E-state index < -0.39 is 0 Å². The summed E-state index contributed by atoms with van der Waals surface area (Å²) in [6, 6.07) is 2.01. The molecule has 1 unspecified atom stereocenters. The third-order valence-corrected chi connectivity index (χ3v) is 3.36. The van der Waals surface area contributed by atoms with Crippen molar-refractivity contribution in [2.75, 3.05) is 0 Å². The third kappa shape index (κ3) is 2.33. The molecule has 0 amide bonds. The topological polar surface area (TPSA) is 73.7 Å². The van der Waals surface area contributed by atoms with Gasteiger partial charge in [-0.25, -0.2) is 5.43 Å². The van der Waals surface area contributed by atoms with Gasteiger partial charge in [0.05, 0.1) is 22.1 Å². The van der Waals surface area contributed by atoms with E-state index >= 15 is 0 Å². The molecular weight excluding hydrogens is 296 g/mol. The maximum atomic E-state index is 5.68. The number of nitrogens with zero attached hydrogens (tertiary/aromatic N) is 4. The van der Waals surface area contributed by atoms with E-state index in [2.05, 4.69) is 45.4 Å². The highest BCUT2D eigenvalue weighted by atomic mass is 79.9. The first kappa shape index (κ1) is 13.3. The fraction of sp³-hybridized carbons (Fsp3) is 0.455. The molecule has 0 aliphatic heterocycles. The lowest BCUT2D eigenvalue weighted by Crippen LogP contribution is -2.31. The summed E-state index contributed by atoms with van der Waals surface area (Å²) in [5.41, 5.74) is 4.65. The van der Waals surface area contributed by atoms with Crippen LogP contribution in [0.4, 0.5) is 0 Å². The lowest BCUT2D eigenvalue weighted by molar-refractivity contribution is 0.470. The molecule has 3 N–H and O–H groups in total. The van der Waals surface area contributed by atoms with Crippen LogP contribution in [0, 0.1) is 0 Å². The Labute approximate surface area is 114 Å². The van der Waals surface area contributed by atoms with Crippen molar-refractivity contribution >= 4 is 15.9 Å². The third-order valence-electron chi connectivity index (χ3n) is 2.75. The first-order valence-electron chi connectivity index (χ1n) is 5.73. The molecule has 0 aliphatic rings. The summed E-state index contributed by atoms with van der Waals surface area (Å²) in [7, 11) is 1.88. The first-order valence-corrected chi connectivity index (χ1v) is 6.52. The normalized spacial score (nSPS) is 13.2. The molecule has 0 aromatic carbocycles. The summed E-state index contributed by atoms with van der Waals surface area (Å²) in [5.74, 6) is 5.68. The number of aromatic nitrogens is 4. The molecule has 6 nitrogen and oxygen atoms in total. The van der Waals surface area contributed by atoms with Crippen LogP contribution in [0.2, 0.25) is 0 Å². The van der Waals surface area contributed by atoms with Crippen LogP contribution >= 0.6 is 15.9 Å². The van der Waals surface area contributed by atoms with Crippen molar-refractivity contribution in [3.8, 4) is 0 Å². The van der Waals surface area contributed by atoms with E-state index in [1.165, 1.54) is 0 Å². The van der Waals surface area contributed by atoms with Crippen LogP contribution < -0.4 is 11.3 Å². The van der Waals surface area contributed by atoms with E-state index in [1.807, 2.05) is 24.0 Å². The van der Waals surface area contributed by atoms with Crippen molar-refractivity contribution in [1.82, 2.24) is 25.0 Å². The maximum absolute atomic E-state index is 5.68. The zero-order valence-corrected chi connectivity index (χ0v) is 12.2. The fourth-order valence-electron chi connectivity index (χ4n) is 1.92. The summed E-state index contributed by atoms with van der Waals surface area (Å²) in [5, 5.41) is 8.75. The molecule has 0 fully saturated rings. The summed E-state index contributed by atoms with van der Waals surface area (Å²) in [6.45, 7) is 4.16. The molecule has 2 heterocycles. The van der Waals surface area contributed by atoms with Crippen LogP contribution in [0.25, 0.3) is 0 Å². The molecule has 2 rings (SSSR count). The predicted molar refractivity (Wildman–Crippen MR) is 72.7 cm³/mol. The Bertz CT molecular complexity index is 529. The molecule has 0 radical (unpaired) electrons. The van der Waals surface area contributed by atoms with E-state index in [9.17, 15) is 0 Å². The van der Waals surface area contributed by atoms with Gasteiger partial charge in [0.2, 0.25) is 0 Å². The number of nitrogens with two attached hydrogens (primary N) is 1. The Hall–Kier alpha value is -1.18. The Morgan fingerprint density at radius 1 is 1.44 bits per heavy atom. The largest absolute Gasteiger partial charge is 0.275 e. The molecule has 2 aromatic heterocycles. The molecule has 0 saturated heterocycles. The van der Waals surface area contributed by atoms with Gasteiger partial charge in [0, 0.05) is 19.3 Å². The van der Waals surface area contributed by atoms with Gasteiger partial charge in [-0.2, -0.15) is 10.2 Å². The summed E-state index contributed by atoms with van der Waals surface area (Å²) < 4.78 is 4.61. The minimum absolute atomic E-state index is 0.189. The van der Waals surface area contributed by atoms with Gasteiger partial charge in [-0.15, -0.1) is 0 Å². The minimum atomic E-state index is -0.189. The molecule has 7 heteroatoms. The molecule has 2 aromatic rings. The molecule has 0 aliphatic carbocycles. The number of hydrazine groups is 1. The van der Waals surface area contributed by atoms with Crippen molar-refractivity contribution in [2.45, 2.75) is 25.9 Å². The quantitative estimate of drug-likeness (QED) is 0.663. The Kier molecular flexibility index (Phi) is 3.84. The minimum Gasteiger partial charge on any atom is -0.275 e. The number of aryl methyl sites for hydroxylation is 1. The van der Waals surface area contributed by atoms with Crippen LogP contribution in [0.5, 0.6) is 0 Å². The van der Waals surface area contributed by atoms with Crippen molar-refractivity contribution in [3.05, 3.63) is 34.3 Å². The molecule has 1 atom stereocenters. The SMILES string of the molecule is CC(C)n1ncc(Br)c1C(NN)c1ccn(C)n1. The second-order valence-corrected chi connectivity index (χ2v) is 5.28. The molecular formula is C11H17BrN6. The first-order chi connectivity index (χ1) is 8.54. The summed E-state index contributed by atoms with van der Waals surface area (Å²) in [6.07, 6.45) is 3.67. The highest BCUT2D eigenvalue weighted by Crippen LogP contribution is 2.29. The molecule has 0 bridgehead atoms. The zero-order chi connectivity index (χ0) is 13.3. The van der Waals surface area contributed by atoms with Crippen molar-refractivity contribution < 1.29 is 0 Å². The number of hydrogen-bond acceptors (Lipinski definition) is 4. The van der Waals surface area contributed by atoms with Crippen molar-refractivity contribution in [2.24, 2.45) is 12.9 Å². The summed E-state index contributed by atoms with van der Waals surface area (Å²) in [4.78, 5) is 0. The Morgan fingerprint density at radius 2 is 2.17 bits per heavy atom. The average Bonchev–Trinajstić information content (AvgIpc) is 2.88. The highest BCUT2D eigenvalue weighted by Gasteiger charge is 2.23. The van der Waals surface area contributed by atoms with E-state index in [-0.39, 0.29) is 12.1 Å². The van der Waals surface area contributed by atoms with Gasteiger partial charge in [0.1, 0.15) is 6.04 Å². The van der Waals surface area contributed by atoms with E-state index in [0.29, 0.717) is 0 Å². The standard InChI is InChI=1S/C11H17BrN6/c1-7(2)18-11(8(12)6-14-18)10(15-13)9-4-5-17(3)16-9/h4-7,10,15H,13H2,1-3H3. The summed E-state index contributed by atoms with van der Waals surface area (Å²) >= 11 is 3.52. The molecule has 0 saturated carbocycles. The highest BCUT2D eigenvalue weighted by molar-refractivity contribution is 9.10. The van der Waals surface area contributed by atoms with Crippen molar-refractivity contribution in [3.63, 3.8) is 0 Å². The smallest absolute Gasteiger partial charge is 0.108 e. The van der Waals surface area contributed by atoms with E-state index in [4.69, 9.17) is 5.84 Å².